The van der Waals surface area contributed by atoms with Crippen LogP contribution in [0.5, 0.6) is 23.0 Å². The van der Waals surface area contributed by atoms with Crippen molar-refractivity contribution in [3.8, 4) is 34.4 Å². The molecule has 0 atom stereocenters. The number of hydrogen-bond acceptors (Lipinski definition) is 8. The third-order valence-electron chi connectivity index (χ3n) is 7.59. The molecule has 0 aliphatic heterocycles. The lowest BCUT2D eigenvalue weighted by Gasteiger charge is -2.09. The van der Waals surface area contributed by atoms with Gasteiger partial charge < -0.3 is 19.7 Å². The summed E-state index contributed by atoms with van der Waals surface area (Å²) < 4.78 is 11.7. The van der Waals surface area contributed by atoms with Gasteiger partial charge in [0.25, 0.3) is 0 Å². The lowest BCUT2D eigenvalue weighted by molar-refractivity contribution is 0.299. The number of benzene rings is 4. The van der Waals surface area contributed by atoms with Crippen LogP contribution in [0.3, 0.4) is 0 Å². The molecule has 2 heterocycles. The van der Waals surface area contributed by atoms with Crippen molar-refractivity contribution in [3.63, 3.8) is 0 Å². The van der Waals surface area contributed by atoms with Crippen molar-refractivity contribution in [2.24, 2.45) is 0 Å². The van der Waals surface area contributed by atoms with E-state index in [1.54, 1.807) is 60.7 Å². The van der Waals surface area contributed by atoms with Gasteiger partial charge in [0, 0.05) is 22.2 Å². The molecule has 0 bridgehead atoms. The van der Waals surface area contributed by atoms with Crippen molar-refractivity contribution >= 4 is 45.3 Å². The van der Waals surface area contributed by atoms with E-state index in [0.29, 0.717) is 68.2 Å². The fourth-order valence-corrected chi connectivity index (χ4v) is 5.49. The molecule has 238 valence electrons. The van der Waals surface area contributed by atoms with Crippen LogP contribution in [0.2, 0.25) is 10.0 Å². The third-order valence-corrected chi connectivity index (χ3v) is 8.06. The highest BCUT2D eigenvalue weighted by Crippen LogP contribution is 2.29. The number of aromatic hydroxyl groups is 2. The van der Waals surface area contributed by atoms with Gasteiger partial charge in [-0.25, -0.2) is 0 Å². The van der Waals surface area contributed by atoms with Crippen LogP contribution in [0.1, 0.15) is 51.4 Å². The molecule has 0 spiro atoms. The number of unbranched alkanes of at least 4 members (excludes halogenated alkanes) is 7. The van der Waals surface area contributed by atoms with E-state index in [1.807, 2.05) is 12.1 Å². The normalized spacial score (nSPS) is 11.4. The summed E-state index contributed by atoms with van der Waals surface area (Å²) in [7, 11) is 0. The highest BCUT2D eigenvalue weighted by molar-refractivity contribution is 6.31. The molecule has 12 heteroatoms. The van der Waals surface area contributed by atoms with Crippen LogP contribution in [-0.2, 0) is 0 Å². The van der Waals surface area contributed by atoms with Crippen LogP contribution < -0.4 is 9.47 Å². The van der Waals surface area contributed by atoms with Crippen molar-refractivity contribution in [1.82, 2.24) is 30.0 Å². The van der Waals surface area contributed by atoms with Crippen molar-refractivity contribution in [2.75, 3.05) is 13.2 Å². The number of rotatable bonds is 15. The summed E-state index contributed by atoms with van der Waals surface area (Å²) in [6.07, 6.45) is 8.79. The van der Waals surface area contributed by atoms with Gasteiger partial charge in [-0.2, -0.15) is 0 Å². The Morgan fingerprint density at radius 1 is 0.478 bits per heavy atom. The molecule has 0 saturated heterocycles. The first-order valence-electron chi connectivity index (χ1n) is 15.4. The maximum Gasteiger partial charge on any atom is 0.146 e. The molecule has 2 N–H and O–H groups in total. The van der Waals surface area contributed by atoms with Crippen molar-refractivity contribution < 1.29 is 19.7 Å². The zero-order valence-electron chi connectivity index (χ0n) is 25.1. The van der Waals surface area contributed by atoms with E-state index in [2.05, 4.69) is 20.4 Å². The number of halogens is 2. The molecular weight excluding hydrogens is 627 g/mol. The van der Waals surface area contributed by atoms with Crippen LogP contribution in [0.25, 0.3) is 33.4 Å². The van der Waals surface area contributed by atoms with Gasteiger partial charge in [-0.15, -0.1) is 30.0 Å². The van der Waals surface area contributed by atoms with Gasteiger partial charge in [0.2, 0.25) is 0 Å². The SMILES string of the molecule is Oc1cc(OCCCCCCCCCCOc2ccc(-n3nc4ccc(Cl)cc4n3)c(O)c2)ccc1-n1nc2ccc(Cl)cc2n1. The average molecular weight is 662 g/mol. The Morgan fingerprint density at radius 2 is 0.870 bits per heavy atom. The highest BCUT2D eigenvalue weighted by Gasteiger charge is 2.12. The number of phenols is 2. The summed E-state index contributed by atoms with van der Waals surface area (Å²) in [6.45, 7) is 1.19. The van der Waals surface area contributed by atoms with Crippen molar-refractivity contribution in [2.45, 2.75) is 51.4 Å². The Kier molecular flexibility index (Phi) is 10.0. The van der Waals surface area contributed by atoms with Crippen LogP contribution in [-0.4, -0.2) is 53.4 Å². The first-order chi connectivity index (χ1) is 22.4. The predicted molar refractivity (Wildman–Crippen MR) is 179 cm³/mol. The fraction of sp³-hybridized carbons (Fsp3) is 0.294. The van der Waals surface area contributed by atoms with Crippen molar-refractivity contribution in [1.29, 1.82) is 0 Å². The van der Waals surface area contributed by atoms with Crippen molar-refractivity contribution in [3.05, 3.63) is 82.8 Å². The Bertz CT molecular complexity index is 1800. The molecule has 4 aromatic carbocycles. The zero-order chi connectivity index (χ0) is 31.9. The molecule has 0 radical (unpaired) electrons. The predicted octanol–water partition coefficient (Wildman–Crippen LogP) is 8.45. The summed E-state index contributed by atoms with van der Waals surface area (Å²) in [6, 6.07) is 20.9. The van der Waals surface area contributed by atoms with E-state index in [9.17, 15) is 10.2 Å². The fourth-order valence-electron chi connectivity index (χ4n) is 5.16. The molecule has 46 heavy (non-hydrogen) atoms. The average Bonchev–Trinajstić information content (AvgIpc) is 3.65. The van der Waals surface area contributed by atoms with Gasteiger partial charge >= 0.3 is 0 Å². The summed E-state index contributed by atoms with van der Waals surface area (Å²) in [5.41, 5.74) is 3.67. The largest absolute Gasteiger partial charge is 0.505 e. The van der Waals surface area contributed by atoms with E-state index in [-0.39, 0.29) is 11.5 Å². The summed E-state index contributed by atoms with van der Waals surface area (Å²) in [5.74, 6) is 1.33. The molecule has 10 nitrogen and oxygen atoms in total. The highest BCUT2D eigenvalue weighted by atomic mass is 35.5. The van der Waals surface area contributed by atoms with Crippen LogP contribution in [0.4, 0.5) is 0 Å². The molecular formula is C34H34Cl2N6O4. The number of ether oxygens (including phenoxy) is 2. The quantitative estimate of drug-likeness (QED) is 0.105. The Hall–Kier alpha value is -4.54. The number of nitrogens with zero attached hydrogens (tertiary/aromatic N) is 6. The Balaban J connectivity index is 0.821. The Labute approximate surface area is 276 Å². The molecule has 6 rings (SSSR count). The van der Waals surface area contributed by atoms with E-state index >= 15 is 0 Å². The topological polar surface area (TPSA) is 120 Å². The first-order valence-corrected chi connectivity index (χ1v) is 16.2. The minimum absolute atomic E-state index is 0.0496. The molecule has 0 aliphatic carbocycles. The van der Waals surface area contributed by atoms with Crippen LogP contribution in [0.15, 0.2) is 72.8 Å². The zero-order valence-corrected chi connectivity index (χ0v) is 26.7. The van der Waals surface area contributed by atoms with E-state index in [0.717, 1.165) is 38.5 Å². The van der Waals surface area contributed by atoms with Crippen LogP contribution >= 0.6 is 23.2 Å². The maximum atomic E-state index is 10.5. The first kappa shape index (κ1) is 31.4. The second kappa shape index (κ2) is 14.7. The molecule has 0 fully saturated rings. The van der Waals surface area contributed by atoms with Crippen LogP contribution in [0, 0.1) is 0 Å². The molecule has 0 unspecified atom stereocenters. The maximum absolute atomic E-state index is 10.5. The summed E-state index contributed by atoms with van der Waals surface area (Å²) in [4.78, 5) is 2.80. The summed E-state index contributed by atoms with van der Waals surface area (Å²) >= 11 is 12.1. The lowest BCUT2D eigenvalue weighted by atomic mass is 10.1. The molecule has 6 aromatic rings. The minimum atomic E-state index is 0.0496. The van der Waals surface area contributed by atoms with E-state index < -0.39 is 0 Å². The molecule has 0 aliphatic rings. The lowest BCUT2D eigenvalue weighted by Crippen LogP contribution is -2.01. The third kappa shape index (κ3) is 7.81. The number of hydrogen-bond donors (Lipinski definition) is 2. The van der Waals surface area contributed by atoms with Gasteiger partial charge in [0.1, 0.15) is 56.4 Å². The van der Waals surface area contributed by atoms with Gasteiger partial charge in [0.15, 0.2) is 0 Å². The van der Waals surface area contributed by atoms with Gasteiger partial charge in [-0.3, -0.25) is 0 Å². The number of fused-ring (bicyclic) bond motifs is 2. The molecule has 2 aromatic heterocycles. The van der Waals surface area contributed by atoms with Gasteiger partial charge in [-0.1, -0.05) is 61.7 Å². The molecule has 0 saturated carbocycles. The smallest absolute Gasteiger partial charge is 0.146 e. The number of phenolic OH excluding ortho intramolecular Hbond substituents is 2. The van der Waals surface area contributed by atoms with E-state index in [4.69, 9.17) is 32.7 Å². The van der Waals surface area contributed by atoms with Gasteiger partial charge in [-0.05, 0) is 73.5 Å². The standard InChI is InChI=1S/C34H34Cl2N6O4/c35-23-9-13-27-29(19-23)39-41(37-27)31-15-11-25(21-33(31)43)45-17-7-5-3-1-2-4-6-8-18-46-26-12-16-32(34(44)22-26)42-38-28-14-10-24(36)20-30(28)40-42/h9-16,19-22,43-44H,1-8,17-18H2. The summed E-state index contributed by atoms with van der Waals surface area (Å²) in [5, 5.41) is 39.8. The monoisotopic (exact) mass is 660 g/mol. The second-order valence-electron chi connectivity index (χ2n) is 11.1. The number of aromatic nitrogens is 6. The van der Waals surface area contributed by atoms with Gasteiger partial charge in [0.05, 0.1) is 13.2 Å². The second-order valence-corrected chi connectivity index (χ2v) is 11.9. The minimum Gasteiger partial charge on any atom is -0.505 e. The molecule has 0 amide bonds. The van der Waals surface area contributed by atoms with E-state index in [1.165, 1.54) is 22.4 Å². The Morgan fingerprint density at radius 3 is 1.28 bits per heavy atom.